The number of methoxy groups -OCH3 is 1. The van der Waals surface area contributed by atoms with Crippen LogP contribution in [-0.2, 0) is 11.3 Å². The zero-order valence-corrected chi connectivity index (χ0v) is 11.1. The summed E-state index contributed by atoms with van der Waals surface area (Å²) < 4.78 is 10.3. The molecule has 0 spiro atoms. The van der Waals surface area contributed by atoms with Gasteiger partial charge in [-0.2, -0.15) is 0 Å². The van der Waals surface area contributed by atoms with Crippen LogP contribution >= 0.6 is 11.6 Å². The number of pyridine rings is 1. The SMILES string of the molecule is COC(=O)c1ccccc1OCc1ccc(Cl)nc1. The number of para-hydroxylation sites is 1. The van der Waals surface area contributed by atoms with Crippen LogP contribution in [0.25, 0.3) is 0 Å². The number of carbonyl (C=O) groups is 1. The van der Waals surface area contributed by atoms with E-state index in [1.807, 2.05) is 6.07 Å². The molecule has 0 amide bonds. The summed E-state index contributed by atoms with van der Waals surface area (Å²) in [5.74, 6) is 0.0501. The van der Waals surface area contributed by atoms with E-state index in [9.17, 15) is 4.79 Å². The second-order valence-electron chi connectivity index (χ2n) is 3.77. The van der Waals surface area contributed by atoms with Crippen molar-refractivity contribution in [2.45, 2.75) is 6.61 Å². The van der Waals surface area contributed by atoms with Gasteiger partial charge in [-0.25, -0.2) is 9.78 Å². The molecule has 0 saturated heterocycles. The lowest BCUT2D eigenvalue weighted by Gasteiger charge is -2.09. The Morgan fingerprint density at radius 2 is 2.05 bits per heavy atom. The van der Waals surface area contributed by atoms with Gasteiger partial charge in [-0.3, -0.25) is 0 Å². The number of esters is 1. The second-order valence-corrected chi connectivity index (χ2v) is 4.15. The molecule has 0 atom stereocenters. The zero-order valence-electron chi connectivity index (χ0n) is 10.3. The van der Waals surface area contributed by atoms with E-state index in [0.717, 1.165) is 5.56 Å². The molecular weight excluding hydrogens is 266 g/mol. The van der Waals surface area contributed by atoms with Crippen LogP contribution in [0, 0.1) is 0 Å². The minimum Gasteiger partial charge on any atom is -0.488 e. The van der Waals surface area contributed by atoms with Crippen LogP contribution in [0.15, 0.2) is 42.6 Å². The summed E-state index contributed by atoms with van der Waals surface area (Å²) in [4.78, 5) is 15.5. The number of rotatable bonds is 4. The van der Waals surface area contributed by atoms with Gasteiger partial charge in [-0.05, 0) is 18.2 Å². The van der Waals surface area contributed by atoms with Crippen LogP contribution in [0.2, 0.25) is 5.15 Å². The Morgan fingerprint density at radius 3 is 2.74 bits per heavy atom. The molecule has 2 rings (SSSR count). The number of hydrogen-bond acceptors (Lipinski definition) is 4. The first-order valence-corrected chi connectivity index (χ1v) is 5.99. The number of halogens is 1. The topological polar surface area (TPSA) is 48.4 Å². The molecule has 1 aromatic heterocycles. The lowest BCUT2D eigenvalue weighted by Crippen LogP contribution is -2.05. The molecule has 2 aromatic rings. The Labute approximate surface area is 115 Å². The molecular formula is C14H12ClNO3. The van der Waals surface area contributed by atoms with Gasteiger partial charge in [0.05, 0.1) is 7.11 Å². The molecule has 1 heterocycles. The lowest BCUT2D eigenvalue weighted by molar-refractivity contribution is 0.0595. The van der Waals surface area contributed by atoms with Crippen molar-refractivity contribution in [3.05, 3.63) is 58.9 Å². The summed E-state index contributed by atoms with van der Waals surface area (Å²) in [7, 11) is 1.34. The van der Waals surface area contributed by atoms with Crippen molar-refractivity contribution in [3.63, 3.8) is 0 Å². The van der Waals surface area contributed by atoms with Gasteiger partial charge in [0, 0.05) is 11.8 Å². The van der Waals surface area contributed by atoms with Gasteiger partial charge in [-0.1, -0.05) is 29.8 Å². The quantitative estimate of drug-likeness (QED) is 0.636. The van der Waals surface area contributed by atoms with Crippen molar-refractivity contribution in [3.8, 4) is 5.75 Å². The molecule has 4 nitrogen and oxygen atoms in total. The summed E-state index contributed by atoms with van der Waals surface area (Å²) in [5.41, 5.74) is 1.26. The van der Waals surface area contributed by atoms with E-state index >= 15 is 0 Å². The summed E-state index contributed by atoms with van der Waals surface area (Å²) in [6.45, 7) is 0.304. The van der Waals surface area contributed by atoms with Gasteiger partial charge in [-0.15, -0.1) is 0 Å². The van der Waals surface area contributed by atoms with Crippen LogP contribution in [-0.4, -0.2) is 18.1 Å². The van der Waals surface area contributed by atoms with Crippen molar-refractivity contribution in [2.75, 3.05) is 7.11 Å². The second kappa shape index (κ2) is 6.20. The molecule has 0 bridgehead atoms. The Balaban J connectivity index is 2.11. The maximum atomic E-state index is 11.6. The highest BCUT2D eigenvalue weighted by Gasteiger charge is 2.12. The van der Waals surface area contributed by atoms with Crippen molar-refractivity contribution in [1.29, 1.82) is 0 Å². The molecule has 0 N–H and O–H groups in total. The van der Waals surface area contributed by atoms with Gasteiger partial charge in [0.2, 0.25) is 0 Å². The molecule has 0 saturated carbocycles. The Bertz CT molecular complexity index is 569. The number of nitrogens with zero attached hydrogens (tertiary/aromatic N) is 1. The number of ether oxygens (including phenoxy) is 2. The highest BCUT2D eigenvalue weighted by Crippen LogP contribution is 2.20. The molecule has 0 aliphatic rings. The Kier molecular flexibility index (Phi) is 4.36. The molecule has 0 unspecified atom stereocenters. The fraction of sp³-hybridized carbons (Fsp3) is 0.143. The minimum absolute atomic E-state index is 0.304. The van der Waals surface area contributed by atoms with Gasteiger partial charge in [0.15, 0.2) is 0 Å². The number of hydrogen-bond donors (Lipinski definition) is 0. The van der Waals surface area contributed by atoms with Gasteiger partial charge >= 0.3 is 5.97 Å². The Hall–Kier alpha value is -2.07. The largest absolute Gasteiger partial charge is 0.488 e. The molecule has 0 fully saturated rings. The van der Waals surface area contributed by atoms with Crippen LogP contribution in [0.1, 0.15) is 15.9 Å². The molecule has 0 aliphatic heterocycles. The van der Waals surface area contributed by atoms with Gasteiger partial charge < -0.3 is 9.47 Å². The zero-order chi connectivity index (χ0) is 13.7. The maximum Gasteiger partial charge on any atom is 0.341 e. The third-order valence-corrected chi connectivity index (χ3v) is 2.70. The van der Waals surface area contributed by atoms with Crippen LogP contribution in [0.3, 0.4) is 0 Å². The van der Waals surface area contributed by atoms with E-state index in [-0.39, 0.29) is 0 Å². The van der Waals surface area contributed by atoms with Gasteiger partial charge in [0.1, 0.15) is 23.1 Å². The van der Waals surface area contributed by atoms with Crippen molar-refractivity contribution in [2.24, 2.45) is 0 Å². The third-order valence-electron chi connectivity index (χ3n) is 2.48. The maximum absolute atomic E-state index is 11.6. The van der Waals surface area contributed by atoms with Gasteiger partial charge in [0.25, 0.3) is 0 Å². The number of benzene rings is 1. The van der Waals surface area contributed by atoms with E-state index in [1.54, 1.807) is 36.5 Å². The predicted molar refractivity (Wildman–Crippen MR) is 71.4 cm³/mol. The highest BCUT2D eigenvalue weighted by atomic mass is 35.5. The average molecular weight is 278 g/mol. The van der Waals surface area contributed by atoms with Crippen LogP contribution in [0.4, 0.5) is 0 Å². The van der Waals surface area contributed by atoms with Crippen molar-refractivity contribution < 1.29 is 14.3 Å². The van der Waals surface area contributed by atoms with Crippen molar-refractivity contribution >= 4 is 17.6 Å². The molecule has 0 radical (unpaired) electrons. The molecule has 19 heavy (non-hydrogen) atoms. The standard InChI is InChI=1S/C14H12ClNO3/c1-18-14(17)11-4-2-3-5-12(11)19-9-10-6-7-13(15)16-8-10/h2-8H,9H2,1H3. The van der Waals surface area contributed by atoms with Crippen LogP contribution in [0.5, 0.6) is 5.75 Å². The summed E-state index contributed by atoms with van der Waals surface area (Å²) in [6, 6.07) is 10.4. The molecule has 1 aromatic carbocycles. The first-order chi connectivity index (χ1) is 9.20. The monoisotopic (exact) mass is 277 g/mol. The molecule has 5 heteroatoms. The summed E-state index contributed by atoms with van der Waals surface area (Å²) in [5, 5.41) is 0.429. The van der Waals surface area contributed by atoms with E-state index < -0.39 is 5.97 Å². The van der Waals surface area contributed by atoms with E-state index in [0.29, 0.717) is 23.1 Å². The third kappa shape index (κ3) is 3.45. The highest BCUT2D eigenvalue weighted by molar-refractivity contribution is 6.29. The Morgan fingerprint density at radius 1 is 1.26 bits per heavy atom. The summed E-state index contributed by atoms with van der Waals surface area (Å²) in [6.07, 6.45) is 1.63. The lowest BCUT2D eigenvalue weighted by atomic mass is 10.2. The van der Waals surface area contributed by atoms with Crippen LogP contribution < -0.4 is 4.74 Å². The molecule has 98 valence electrons. The summed E-state index contributed by atoms with van der Waals surface area (Å²) >= 11 is 5.70. The average Bonchev–Trinajstić information content (AvgIpc) is 2.46. The fourth-order valence-corrected chi connectivity index (χ4v) is 1.64. The predicted octanol–water partition coefficient (Wildman–Crippen LogP) is 3.10. The normalized spacial score (nSPS) is 10.0. The minimum atomic E-state index is -0.426. The first kappa shape index (κ1) is 13.4. The first-order valence-electron chi connectivity index (χ1n) is 5.61. The molecule has 0 aliphatic carbocycles. The van der Waals surface area contributed by atoms with E-state index in [2.05, 4.69) is 4.98 Å². The van der Waals surface area contributed by atoms with Crippen molar-refractivity contribution in [1.82, 2.24) is 4.98 Å². The van der Waals surface area contributed by atoms with E-state index in [4.69, 9.17) is 21.1 Å². The van der Waals surface area contributed by atoms with E-state index in [1.165, 1.54) is 7.11 Å². The number of aromatic nitrogens is 1. The smallest absolute Gasteiger partial charge is 0.341 e. The fourth-order valence-electron chi connectivity index (χ4n) is 1.52. The number of carbonyl (C=O) groups excluding carboxylic acids is 1.